The first-order valence-corrected chi connectivity index (χ1v) is 6.30. The Hall–Kier alpha value is -0.900. The standard InChI is InChI=1S/C14H20O3/c15-14-8-4-7-13(17-14)9-10-16-11-12-5-2-1-3-6-12/h1-3,5-6,13-15H,4,7-11H2/t13-,14-/m0/s1. The summed E-state index contributed by atoms with van der Waals surface area (Å²) in [7, 11) is 0. The molecule has 0 aliphatic carbocycles. The van der Waals surface area contributed by atoms with Crippen LogP contribution in [0.15, 0.2) is 30.3 Å². The Balaban J connectivity index is 1.60. The van der Waals surface area contributed by atoms with E-state index in [1.807, 2.05) is 18.2 Å². The van der Waals surface area contributed by atoms with Crippen molar-refractivity contribution < 1.29 is 14.6 Å². The summed E-state index contributed by atoms with van der Waals surface area (Å²) in [6.07, 6.45) is 3.30. The summed E-state index contributed by atoms with van der Waals surface area (Å²) < 4.78 is 11.0. The molecule has 0 spiro atoms. The highest BCUT2D eigenvalue weighted by molar-refractivity contribution is 5.13. The molecule has 1 aromatic carbocycles. The molecule has 0 bridgehead atoms. The molecule has 0 saturated carbocycles. The third kappa shape index (κ3) is 4.46. The fraction of sp³-hybridized carbons (Fsp3) is 0.571. The van der Waals surface area contributed by atoms with Gasteiger partial charge in [0.15, 0.2) is 6.29 Å². The maximum absolute atomic E-state index is 9.35. The monoisotopic (exact) mass is 236 g/mol. The van der Waals surface area contributed by atoms with Gasteiger partial charge in [-0.3, -0.25) is 0 Å². The van der Waals surface area contributed by atoms with Crippen LogP contribution in [0.5, 0.6) is 0 Å². The van der Waals surface area contributed by atoms with Crippen LogP contribution >= 0.6 is 0 Å². The number of aliphatic hydroxyl groups excluding tert-OH is 1. The molecule has 1 saturated heterocycles. The predicted octanol–water partition coefficient (Wildman–Crippen LogP) is 2.48. The highest BCUT2D eigenvalue weighted by Gasteiger charge is 2.19. The lowest BCUT2D eigenvalue weighted by atomic mass is 10.1. The van der Waals surface area contributed by atoms with Crippen molar-refractivity contribution in [1.82, 2.24) is 0 Å². The first kappa shape index (κ1) is 12.6. The lowest BCUT2D eigenvalue weighted by Crippen LogP contribution is -2.28. The second-order valence-electron chi connectivity index (χ2n) is 4.47. The molecule has 3 nitrogen and oxygen atoms in total. The average molecular weight is 236 g/mol. The van der Waals surface area contributed by atoms with Gasteiger partial charge in [-0.05, 0) is 31.2 Å². The highest BCUT2D eigenvalue weighted by Crippen LogP contribution is 2.19. The Morgan fingerprint density at radius 2 is 2.06 bits per heavy atom. The van der Waals surface area contributed by atoms with Crippen LogP contribution in [0.4, 0.5) is 0 Å². The van der Waals surface area contributed by atoms with Gasteiger partial charge in [-0.1, -0.05) is 30.3 Å². The maximum Gasteiger partial charge on any atom is 0.154 e. The second-order valence-corrected chi connectivity index (χ2v) is 4.47. The molecule has 2 atom stereocenters. The second kappa shape index (κ2) is 6.74. The minimum atomic E-state index is -0.567. The van der Waals surface area contributed by atoms with Crippen LogP contribution in [0.1, 0.15) is 31.2 Å². The molecule has 0 radical (unpaired) electrons. The minimum absolute atomic E-state index is 0.162. The van der Waals surface area contributed by atoms with Crippen LogP contribution in [0.25, 0.3) is 0 Å². The summed E-state index contributed by atoms with van der Waals surface area (Å²) in [6.45, 7) is 1.34. The molecule has 1 heterocycles. The van der Waals surface area contributed by atoms with Gasteiger partial charge >= 0.3 is 0 Å². The zero-order chi connectivity index (χ0) is 11.9. The van der Waals surface area contributed by atoms with Gasteiger partial charge in [0.25, 0.3) is 0 Å². The van der Waals surface area contributed by atoms with E-state index in [-0.39, 0.29) is 6.10 Å². The molecule has 2 rings (SSSR count). The molecule has 0 amide bonds. The zero-order valence-electron chi connectivity index (χ0n) is 10.0. The van der Waals surface area contributed by atoms with E-state index in [2.05, 4.69) is 12.1 Å². The molecule has 17 heavy (non-hydrogen) atoms. The van der Waals surface area contributed by atoms with Gasteiger partial charge < -0.3 is 14.6 Å². The van der Waals surface area contributed by atoms with Crippen LogP contribution in [-0.4, -0.2) is 24.1 Å². The van der Waals surface area contributed by atoms with Gasteiger partial charge in [0.05, 0.1) is 12.7 Å². The topological polar surface area (TPSA) is 38.7 Å². The fourth-order valence-electron chi connectivity index (χ4n) is 2.07. The Morgan fingerprint density at radius 3 is 2.82 bits per heavy atom. The molecule has 1 fully saturated rings. The third-order valence-electron chi connectivity index (χ3n) is 3.02. The Morgan fingerprint density at radius 1 is 1.24 bits per heavy atom. The van der Waals surface area contributed by atoms with E-state index in [4.69, 9.17) is 9.47 Å². The smallest absolute Gasteiger partial charge is 0.154 e. The van der Waals surface area contributed by atoms with Crippen molar-refractivity contribution in [1.29, 1.82) is 0 Å². The quantitative estimate of drug-likeness (QED) is 0.798. The van der Waals surface area contributed by atoms with Crippen LogP contribution in [-0.2, 0) is 16.1 Å². The van der Waals surface area contributed by atoms with Crippen molar-refractivity contribution in [2.45, 2.75) is 44.7 Å². The van der Waals surface area contributed by atoms with E-state index in [0.29, 0.717) is 13.2 Å². The zero-order valence-corrected chi connectivity index (χ0v) is 10.0. The normalized spacial score (nSPS) is 24.8. The summed E-state index contributed by atoms with van der Waals surface area (Å²) >= 11 is 0. The summed E-state index contributed by atoms with van der Waals surface area (Å²) in [6, 6.07) is 10.1. The maximum atomic E-state index is 9.35. The highest BCUT2D eigenvalue weighted by atomic mass is 16.6. The Labute approximate surface area is 102 Å². The van der Waals surface area contributed by atoms with Crippen molar-refractivity contribution in [3.63, 3.8) is 0 Å². The van der Waals surface area contributed by atoms with Crippen LogP contribution < -0.4 is 0 Å². The molecule has 1 aliphatic rings. The van der Waals surface area contributed by atoms with Gasteiger partial charge in [-0.25, -0.2) is 0 Å². The van der Waals surface area contributed by atoms with E-state index in [1.165, 1.54) is 5.56 Å². The summed E-state index contributed by atoms with van der Waals surface area (Å²) in [5.41, 5.74) is 1.19. The largest absolute Gasteiger partial charge is 0.377 e. The molecule has 1 aromatic rings. The third-order valence-corrected chi connectivity index (χ3v) is 3.02. The molecule has 0 unspecified atom stereocenters. The van der Waals surface area contributed by atoms with E-state index in [9.17, 15) is 5.11 Å². The summed E-state index contributed by atoms with van der Waals surface area (Å²) in [4.78, 5) is 0. The first-order valence-electron chi connectivity index (χ1n) is 6.30. The van der Waals surface area contributed by atoms with Crippen LogP contribution in [0.2, 0.25) is 0 Å². The van der Waals surface area contributed by atoms with Gasteiger partial charge in [0, 0.05) is 6.61 Å². The van der Waals surface area contributed by atoms with E-state index < -0.39 is 6.29 Å². The number of ether oxygens (including phenoxy) is 2. The molecule has 0 aromatic heterocycles. The van der Waals surface area contributed by atoms with Crippen LogP contribution in [0.3, 0.4) is 0 Å². The number of aliphatic hydroxyl groups is 1. The van der Waals surface area contributed by atoms with E-state index in [1.54, 1.807) is 0 Å². The van der Waals surface area contributed by atoms with E-state index >= 15 is 0 Å². The molecule has 1 N–H and O–H groups in total. The number of hydrogen-bond donors (Lipinski definition) is 1. The SMILES string of the molecule is O[C@@H]1CCC[C@@H](CCOCc2ccccc2)O1. The van der Waals surface area contributed by atoms with Crippen molar-refractivity contribution in [2.24, 2.45) is 0 Å². The van der Waals surface area contributed by atoms with E-state index in [0.717, 1.165) is 25.7 Å². The number of rotatable bonds is 5. The molecular weight excluding hydrogens is 216 g/mol. The first-order chi connectivity index (χ1) is 8.34. The molecular formula is C14H20O3. The van der Waals surface area contributed by atoms with Gasteiger partial charge in [-0.2, -0.15) is 0 Å². The summed E-state index contributed by atoms with van der Waals surface area (Å²) in [5, 5.41) is 9.35. The Bertz CT molecular complexity index is 313. The molecule has 1 aliphatic heterocycles. The predicted molar refractivity (Wildman–Crippen MR) is 65.4 cm³/mol. The van der Waals surface area contributed by atoms with Gasteiger partial charge in [0.1, 0.15) is 0 Å². The van der Waals surface area contributed by atoms with Crippen molar-refractivity contribution in [3.8, 4) is 0 Å². The lowest BCUT2D eigenvalue weighted by molar-refractivity contribution is -0.167. The molecule has 3 heteroatoms. The van der Waals surface area contributed by atoms with Crippen LogP contribution in [0, 0.1) is 0 Å². The minimum Gasteiger partial charge on any atom is -0.377 e. The lowest BCUT2D eigenvalue weighted by Gasteiger charge is -2.26. The van der Waals surface area contributed by atoms with Crippen molar-refractivity contribution >= 4 is 0 Å². The van der Waals surface area contributed by atoms with Gasteiger partial charge in [0.2, 0.25) is 0 Å². The average Bonchev–Trinajstić information content (AvgIpc) is 2.36. The Kier molecular flexibility index (Phi) is 4.98. The van der Waals surface area contributed by atoms with Gasteiger partial charge in [-0.15, -0.1) is 0 Å². The van der Waals surface area contributed by atoms with Crippen molar-refractivity contribution in [2.75, 3.05) is 6.61 Å². The summed E-state index contributed by atoms with van der Waals surface area (Å²) in [5.74, 6) is 0. The van der Waals surface area contributed by atoms with Crippen molar-refractivity contribution in [3.05, 3.63) is 35.9 Å². The number of benzene rings is 1. The fourth-order valence-corrected chi connectivity index (χ4v) is 2.07. The number of hydrogen-bond acceptors (Lipinski definition) is 3. The molecule has 94 valence electrons.